The molecule has 0 aliphatic carbocycles. The summed E-state index contributed by atoms with van der Waals surface area (Å²) in [5, 5.41) is 0. The van der Waals surface area contributed by atoms with Gasteiger partial charge >= 0.3 is 0 Å². The van der Waals surface area contributed by atoms with Crippen LogP contribution in [0.3, 0.4) is 0 Å². The third-order valence-corrected chi connectivity index (χ3v) is 2.38. The van der Waals surface area contributed by atoms with Crippen LogP contribution in [0.15, 0.2) is 24.3 Å². The lowest BCUT2D eigenvalue weighted by Gasteiger charge is -2.32. The fraction of sp³-hybridized carbons (Fsp3) is 0.600. The first-order valence-corrected chi connectivity index (χ1v) is 4.43. The minimum atomic E-state index is -0.0538. The standard InChI is InChI=1S/C10H14O2/c1-3-7-11-9-10(5-1)6-2-4-8-12-10/h1-4H,5-9H2. The van der Waals surface area contributed by atoms with Crippen molar-refractivity contribution in [1.82, 2.24) is 0 Å². The second-order valence-electron chi connectivity index (χ2n) is 3.36. The van der Waals surface area contributed by atoms with Crippen molar-refractivity contribution < 1.29 is 9.47 Å². The quantitative estimate of drug-likeness (QED) is 0.510. The molecule has 2 aliphatic heterocycles. The molecule has 2 nitrogen and oxygen atoms in total. The highest BCUT2D eigenvalue weighted by molar-refractivity contribution is 5.03. The van der Waals surface area contributed by atoms with Gasteiger partial charge in [-0.1, -0.05) is 24.3 Å². The maximum absolute atomic E-state index is 5.72. The molecule has 2 heterocycles. The van der Waals surface area contributed by atoms with Gasteiger partial charge in [0.1, 0.15) is 0 Å². The van der Waals surface area contributed by atoms with E-state index in [-0.39, 0.29) is 5.60 Å². The van der Waals surface area contributed by atoms with E-state index in [2.05, 4.69) is 24.3 Å². The van der Waals surface area contributed by atoms with Crippen molar-refractivity contribution in [3.8, 4) is 0 Å². The SMILES string of the molecule is C1=CCC2(CC=CCO2)COC1. The highest BCUT2D eigenvalue weighted by atomic mass is 16.5. The Bertz CT molecular complexity index is 208. The monoisotopic (exact) mass is 166 g/mol. The van der Waals surface area contributed by atoms with E-state index >= 15 is 0 Å². The van der Waals surface area contributed by atoms with Crippen LogP contribution in [0.1, 0.15) is 12.8 Å². The molecule has 0 aromatic rings. The maximum atomic E-state index is 5.72. The fourth-order valence-corrected chi connectivity index (χ4v) is 1.63. The molecule has 0 saturated heterocycles. The number of ether oxygens (including phenoxy) is 2. The fourth-order valence-electron chi connectivity index (χ4n) is 1.63. The van der Waals surface area contributed by atoms with Gasteiger partial charge in [0.05, 0.1) is 25.4 Å². The molecule has 12 heavy (non-hydrogen) atoms. The van der Waals surface area contributed by atoms with Crippen molar-refractivity contribution in [1.29, 1.82) is 0 Å². The van der Waals surface area contributed by atoms with Crippen molar-refractivity contribution in [2.24, 2.45) is 0 Å². The van der Waals surface area contributed by atoms with E-state index < -0.39 is 0 Å². The first kappa shape index (κ1) is 8.02. The van der Waals surface area contributed by atoms with Gasteiger partial charge in [0.25, 0.3) is 0 Å². The van der Waals surface area contributed by atoms with Gasteiger partial charge < -0.3 is 9.47 Å². The van der Waals surface area contributed by atoms with E-state index in [1.165, 1.54) is 0 Å². The molecule has 0 amide bonds. The van der Waals surface area contributed by atoms with E-state index in [0.29, 0.717) is 0 Å². The Morgan fingerprint density at radius 3 is 2.33 bits per heavy atom. The van der Waals surface area contributed by atoms with E-state index in [1.54, 1.807) is 0 Å². The molecular weight excluding hydrogens is 152 g/mol. The zero-order valence-corrected chi connectivity index (χ0v) is 7.16. The molecule has 2 rings (SSSR count). The zero-order chi connectivity index (χ0) is 8.28. The average Bonchev–Trinajstić information content (AvgIpc) is 2.33. The van der Waals surface area contributed by atoms with Crippen LogP contribution in [0, 0.1) is 0 Å². The van der Waals surface area contributed by atoms with Gasteiger partial charge in [-0.15, -0.1) is 0 Å². The van der Waals surface area contributed by atoms with Crippen LogP contribution in [0.25, 0.3) is 0 Å². The Hall–Kier alpha value is -0.600. The van der Waals surface area contributed by atoms with Gasteiger partial charge in [-0.2, -0.15) is 0 Å². The highest BCUT2D eigenvalue weighted by Crippen LogP contribution is 2.27. The summed E-state index contributed by atoms with van der Waals surface area (Å²) < 4.78 is 11.2. The Balaban J connectivity index is 2.07. The summed E-state index contributed by atoms with van der Waals surface area (Å²) in [7, 11) is 0. The molecule has 1 atom stereocenters. The zero-order valence-electron chi connectivity index (χ0n) is 7.16. The molecule has 1 spiro atoms. The lowest BCUT2D eigenvalue weighted by atomic mass is 9.94. The number of hydrogen-bond donors (Lipinski definition) is 0. The smallest absolute Gasteiger partial charge is 0.0987 e. The van der Waals surface area contributed by atoms with Crippen molar-refractivity contribution >= 4 is 0 Å². The van der Waals surface area contributed by atoms with Crippen LogP contribution in [0.4, 0.5) is 0 Å². The molecule has 66 valence electrons. The molecule has 0 N–H and O–H groups in total. The largest absolute Gasteiger partial charge is 0.374 e. The lowest BCUT2D eigenvalue weighted by molar-refractivity contribution is -0.0827. The Morgan fingerprint density at radius 2 is 1.67 bits per heavy atom. The van der Waals surface area contributed by atoms with Crippen LogP contribution < -0.4 is 0 Å². The summed E-state index contributed by atoms with van der Waals surface area (Å²) in [5.41, 5.74) is -0.0538. The minimum Gasteiger partial charge on any atom is -0.374 e. The molecule has 2 heteroatoms. The van der Waals surface area contributed by atoms with Gasteiger partial charge in [0, 0.05) is 0 Å². The van der Waals surface area contributed by atoms with Crippen LogP contribution in [0.5, 0.6) is 0 Å². The minimum absolute atomic E-state index is 0.0538. The molecule has 0 radical (unpaired) electrons. The Kier molecular flexibility index (Phi) is 2.28. The highest BCUT2D eigenvalue weighted by Gasteiger charge is 2.31. The van der Waals surface area contributed by atoms with Crippen LogP contribution in [-0.2, 0) is 9.47 Å². The topological polar surface area (TPSA) is 18.5 Å². The Labute approximate surface area is 72.9 Å². The molecule has 0 aromatic carbocycles. The molecule has 0 fully saturated rings. The molecular formula is C10H14O2. The summed E-state index contributed by atoms with van der Waals surface area (Å²) >= 11 is 0. The third-order valence-electron chi connectivity index (χ3n) is 2.38. The van der Waals surface area contributed by atoms with E-state index in [9.17, 15) is 0 Å². The molecule has 0 bridgehead atoms. The molecule has 0 saturated carbocycles. The van der Waals surface area contributed by atoms with Gasteiger partial charge in [-0.25, -0.2) is 0 Å². The van der Waals surface area contributed by atoms with Gasteiger partial charge in [-0.3, -0.25) is 0 Å². The van der Waals surface area contributed by atoms with Crippen molar-refractivity contribution in [3.63, 3.8) is 0 Å². The van der Waals surface area contributed by atoms with Gasteiger partial charge in [-0.05, 0) is 12.8 Å². The van der Waals surface area contributed by atoms with Crippen molar-refractivity contribution in [2.45, 2.75) is 18.4 Å². The summed E-state index contributed by atoms with van der Waals surface area (Å²) in [5.74, 6) is 0. The molecule has 2 aliphatic rings. The second kappa shape index (κ2) is 3.42. The van der Waals surface area contributed by atoms with Crippen molar-refractivity contribution in [2.75, 3.05) is 19.8 Å². The summed E-state index contributed by atoms with van der Waals surface area (Å²) in [6.45, 7) is 2.19. The van der Waals surface area contributed by atoms with E-state index in [0.717, 1.165) is 32.7 Å². The second-order valence-corrected chi connectivity index (χ2v) is 3.36. The van der Waals surface area contributed by atoms with Crippen LogP contribution in [-0.4, -0.2) is 25.4 Å². The van der Waals surface area contributed by atoms with Crippen molar-refractivity contribution in [3.05, 3.63) is 24.3 Å². The first-order valence-electron chi connectivity index (χ1n) is 4.43. The third kappa shape index (κ3) is 1.59. The summed E-state index contributed by atoms with van der Waals surface area (Å²) in [4.78, 5) is 0. The summed E-state index contributed by atoms with van der Waals surface area (Å²) in [6, 6.07) is 0. The van der Waals surface area contributed by atoms with Crippen LogP contribution >= 0.6 is 0 Å². The molecule has 1 unspecified atom stereocenters. The predicted octanol–water partition coefficient (Wildman–Crippen LogP) is 1.68. The average molecular weight is 166 g/mol. The van der Waals surface area contributed by atoms with Gasteiger partial charge in [0.2, 0.25) is 0 Å². The van der Waals surface area contributed by atoms with E-state index in [4.69, 9.17) is 9.47 Å². The summed E-state index contributed by atoms with van der Waals surface area (Å²) in [6.07, 6.45) is 10.4. The maximum Gasteiger partial charge on any atom is 0.0987 e. The van der Waals surface area contributed by atoms with E-state index in [1.807, 2.05) is 0 Å². The van der Waals surface area contributed by atoms with Crippen LogP contribution in [0.2, 0.25) is 0 Å². The normalized spacial score (nSPS) is 35.3. The van der Waals surface area contributed by atoms with Gasteiger partial charge in [0.15, 0.2) is 0 Å². The molecule has 0 aromatic heterocycles. The number of rotatable bonds is 0. The number of hydrogen-bond acceptors (Lipinski definition) is 2. The Morgan fingerprint density at radius 1 is 0.917 bits per heavy atom. The predicted molar refractivity (Wildman–Crippen MR) is 47.0 cm³/mol. The first-order chi connectivity index (χ1) is 5.91. The lowest BCUT2D eigenvalue weighted by Crippen LogP contribution is -2.38.